The Morgan fingerprint density at radius 2 is 1.45 bits per heavy atom. The smallest absolute Gasteiger partial charge is 0.790 e. The van der Waals surface area contributed by atoms with Crippen LogP contribution in [-0.4, -0.2) is 0 Å². The van der Waals surface area contributed by atoms with Crippen LogP contribution in [0.15, 0.2) is 54.6 Å². The fourth-order valence-electron chi connectivity index (χ4n) is 1.70. The zero-order chi connectivity index (χ0) is 14.8. The van der Waals surface area contributed by atoms with Crippen LogP contribution in [0.25, 0.3) is 11.1 Å². The molecule has 0 aliphatic carbocycles. The molecule has 0 saturated heterocycles. The average Bonchev–Trinajstić information content (AvgIpc) is 2.37. The minimum atomic E-state index is -5.79. The van der Waals surface area contributed by atoms with E-state index in [1.165, 1.54) is 6.07 Å². The maximum atomic E-state index is 13.6. The Morgan fingerprint density at radius 1 is 0.909 bits per heavy atom. The van der Waals surface area contributed by atoms with Crippen LogP contribution in [0, 0.1) is 0 Å². The van der Waals surface area contributed by atoms with E-state index in [1.807, 2.05) is 0 Å². The number of halogens is 2. The van der Waals surface area contributed by atoms with Crippen molar-refractivity contribution in [2.75, 3.05) is 0 Å². The number of phosphoric ester groups is 1. The summed E-state index contributed by atoms with van der Waals surface area (Å²) in [7, 11) is -5.79. The molecule has 106 valence electrons. The molecule has 0 bridgehead atoms. The standard InChI is InChI=1S/C13H11F2O4P.2Na/c14-13(15,19-20(16,17)18)12-8-4-7-11(9-12)10-5-2-1-3-6-10;;/h1-9H,(H2,16,17,18);;/q;2*+1/p-2. The van der Waals surface area contributed by atoms with Gasteiger partial charge in [0.2, 0.25) is 0 Å². The summed E-state index contributed by atoms with van der Waals surface area (Å²) in [6, 6.07) is 13.6. The molecule has 0 atom stereocenters. The van der Waals surface area contributed by atoms with Crippen LogP contribution in [-0.2, 0) is 15.2 Å². The Morgan fingerprint density at radius 3 is 2.00 bits per heavy atom. The van der Waals surface area contributed by atoms with Gasteiger partial charge in [-0.15, -0.1) is 0 Å². The molecular formula is C13H9F2Na2O4P. The normalized spacial score (nSPS) is 11.3. The summed E-state index contributed by atoms with van der Waals surface area (Å²) in [5, 5.41) is 0. The van der Waals surface area contributed by atoms with E-state index in [9.17, 15) is 23.1 Å². The SMILES string of the molecule is O=P([O-])([O-])OC(F)(F)c1cccc(-c2ccccc2)c1.[Na+].[Na+]. The molecule has 0 saturated carbocycles. The zero-order valence-corrected chi connectivity index (χ0v) is 16.9. The molecule has 0 heterocycles. The van der Waals surface area contributed by atoms with E-state index in [0.717, 1.165) is 12.1 Å². The van der Waals surface area contributed by atoms with Crippen molar-refractivity contribution in [2.24, 2.45) is 0 Å². The number of hydrogen-bond donors (Lipinski definition) is 0. The minimum absolute atomic E-state index is 0. The van der Waals surface area contributed by atoms with Crippen LogP contribution in [0.2, 0.25) is 0 Å². The van der Waals surface area contributed by atoms with E-state index in [2.05, 4.69) is 4.52 Å². The second kappa shape index (κ2) is 9.04. The van der Waals surface area contributed by atoms with Gasteiger partial charge in [-0.05, 0) is 17.2 Å². The molecule has 0 radical (unpaired) electrons. The molecule has 0 amide bonds. The van der Waals surface area contributed by atoms with Gasteiger partial charge in [-0.3, -0.25) is 4.52 Å². The predicted molar refractivity (Wildman–Crippen MR) is 64.5 cm³/mol. The fourth-order valence-corrected chi connectivity index (χ4v) is 2.09. The van der Waals surface area contributed by atoms with E-state index >= 15 is 0 Å². The molecule has 4 nitrogen and oxygen atoms in total. The summed E-state index contributed by atoms with van der Waals surface area (Å²) in [5.74, 6) is 0. The molecule has 0 aromatic heterocycles. The van der Waals surface area contributed by atoms with Gasteiger partial charge in [-0.2, -0.15) is 8.78 Å². The van der Waals surface area contributed by atoms with E-state index in [0.29, 0.717) is 11.1 Å². The zero-order valence-electron chi connectivity index (χ0n) is 12.0. The largest absolute Gasteiger partial charge is 1.00 e. The Labute approximate surface area is 170 Å². The monoisotopic (exact) mass is 344 g/mol. The average molecular weight is 344 g/mol. The van der Waals surface area contributed by atoms with Gasteiger partial charge in [0.05, 0.1) is 13.4 Å². The van der Waals surface area contributed by atoms with Crippen LogP contribution in [0.4, 0.5) is 8.78 Å². The summed E-state index contributed by atoms with van der Waals surface area (Å²) in [4.78, 5) is 20.7. The number of hydrogen-bond acceptors (Lipinski definition) is 4. The summed E-state index contributed by atoms with van der Waals surface area (Å²) in [6.07, 6.45) is -4.19. The van der Waals surface area contributed by atoms with Gasteiger partial charge in [0.15, 0.2) is 0 Å². The van der Waals surface area contributed by atoms with Gasteiger partial charge in [0, 0.05) is 0 Å². The second-order valence-corrected chi connectivity index (χ2v) is 5.08. The number of alkyl halides is 2. The Bertz CT molecular complexity index is 649. The van der Waals surface area contributed by atoms with Gasteiger partial charge in [-0.25, -0.2) is 0 Å². The molecular weight excluding hydrogens is 335 g/mol. The first-order chi connectivity index (χ1) is 9.28. The molecule has 0 aliphatic heterocycles. The first-order valence-electron chi connectivity index (χ1n) is 5.54. The van der Waals surface area contributed by atoms with Crippen LogP contribution in [0.5, 0.6) is 0 Å². The minimum Gasteiger partial charge on any atom is -0.790 e. The van der Waals surface area contributed by atoms with Gasteiger partial charge in [0.1, 0.15) is 0 Å². The van der Waals surface area contributed by atoms with E-state index in [-0.39, 0.29) is 59.1 Å². The quantitative estimate of drug-likeness (QED) is 0.422. The van der Waals surface area contributed by atoms with Crippen molar-refractivity contribution in [3.8, 4) is 11.1 Å². The second-order valence-electron chi connectivity index (χ2n) is 4.00. The molecule has 9 heteroatoms. The maximum Gasteiger partial charge on any atom is 1.00 e. The summed E-state index contributed by atoms with van der Waals surface area (Å²) in [5.41, 5.74) is 0.432. The first kappa shape index (κ1) is 22.4. The molecule has 0 N–H and O–H groups in total. The molecule has 2 aromatic carbocycles. The molecule has 22 heavy (non-hydrogen) atoms. The van der Waals surface area contributed by atoms with Crippen LogP contribution in [0.3, 0.4) is 0 Å². The summed E-state index contributed by atoms with van der Waals surface area (Å²) < 4.78 is 40.8. The molecule has 2 aromatic rings. The predicted octanol–water partition coefficient (Wildman–Crippen LogP) is -3.74. The third kappa shape index (κ3) is 6.49. The topological polar surface area (TPSA) is 72.4 Å². The molecule has 0 aliphatic rings. The van der Waals surface area contributed by atoms with Crippen LogP contribution < -0.4 is 68.9 Å². The van der Waals surface area contributed by atoms with E-state index < -0.39 is 19.5 Å². The Hall–Kier alpha value is 0.410. The van der Waals surface area contributed by atoms with Crippen molar-refractivity contribution in [1.29, 1.82) is 0 Å². The van der Waals surface area contributed by atoms with Crippen molar-refractivity contribution in [1.82, 2.24) is 0 Å². The third-order valence-corrected chi connectivity index (χ3v) is 2.99. The van der Waals surface area contributed by atoms with Crippen molar-refractivity contribution < 1.29 is 86.8 Å². The number of benzene rings is 2. The summed E-state index contributed by atoms with van der Waals surface area (Å²) >= 11 is 0. The van der Waals surface area contributed by atoms with Crippen LogP contribution >= 0.6 is 7.82 Å². The van der Waals surface area contributed by atoms with Crippen LogP contribution in [0.1, 0.15) is 5.56 Å². The number of rotatable bonds is 4. The summed E-state index contributed by atoms with van der Waals surface area (Å²) in [6.45, 7) is 0. The maximum absolute atomic E-state index is 13.6. The van der Waals surface area contributed by atoms with Crippen molar-refractivity contribution in [2.45, 2.75) is 6.11 Å². The Balaban J connectivity index is 0.00000220. The molecule has 0 spiro atoms. The third-order valence-electron chi connectivity index (χ3n) is 2.53. The fraction of sp³-hybridized carbons (Fsp3) is 0.0769. The van der Waals surface area contributed by atoms with Gasteiger partial charge >= 0.3 is 65.2 Å². The first-order valence-corrected chi connectivity index (χ1v) is 7.01. The molecule has 0 fully saturated rings. The van der Waals surface area contributed by atoms with E-state index in [1.54, 1.807) is 36.4 Å². The van der Waals surface area contributed by atoms with Crippen molar-refractivity contribution >= 4 is 7.82 Å². The van der Waals surface area contributed by atoms with E-state index in [4.69, 9.17) is 0 Å². The number of phosphoric acid groups is 1. The Kier molecular flexibility index (Phi) is 9.21. The van der Waals surface area contributed by atoms with Gasteiger partial charge in [-0.1, -0.05) is 48.5 Å². The van der Waals surface area contributed by atoms with Crippen molar-refractivity contribution in [3.63, 3.8) is 0 Å². The molecule has 2 rings (SSSR count). The van der Waals surface area contributed by atoms with Gasteiger partial charge in [0.25, 0.3) is 0 Å². The molecule has 0 unspecified atom stereocenters. The van der Waals surface area contributed by atoms with Gasteiger partial charge < -0.3 is 14.4 Å². The van der Waals surface area contributed by atoms with Crippen molar-refractivity contribution in [3.05, 3.63) is 60.2 Å².